The van der Waals surface area contributed by atoms with Crippen molar-refractivity contribution in [2.75, 3.05) is 19.6 Å². The van der Waals surface area contributed by atoms with Gasteiger partial charge < -0.3 is 4.90 Å². The smallest absolute Gasteiger partial charge is 0.0396 e. The molecule has 1 atom stereocenters. The zero-order chi connectivity index (χ0) is 12.5. The third kappa shape index (κ3) is 6.42. The maximum atomic E-state index is 2.74. The molecule has 0 aliphatic carbocycles. The minimum Gasteiger partial charge on any atom is -0.303 e. The second-order valence-corrected chi connectivity index (χ2v) is 9.20. The fourth-order valence-electron chi connectivity index (χ4n) is 2.71. The first-order chi connectivity index (χ1) is 8.24. The molecule has 2 heteroatoms. The van der Waals surface area contributed by atoms with Crippen LogP contribution in [0.25, 0.3) is 0 Å². The van der Waals surface area contributed by atoms with Crippen molar-refractivity contribution in [3.05, 3.63) is 12.2 Å². The Kier molecular flexibility index (Phi) is 7.87. The van der Waals surface area contributed by atoms with Gasteiger partial charge in [-0.25, -0.2) is 0 Å². The van der Waals surface area contributed by atoms with E-state index in [1.54, 1.807) is 0 Å². The van der Waals surface area contributed by atoms with E-state index in [1.165, 1.54) is 58.2 Å². The summed E-state index contributed by atoms with van der Waals surface area (Å²) >= 11 is 0. The van der Waals surface area contributed by atoms with Crippen LogP contribution >= 0.6 is 0 Å². The maximum Gasteiger partial charge on any atom is 0.0396 e. The summed E-state index contributed by atoms with van der Waals surface area (Å²) in [4.78, 5) is 2.74. The molecule has 0 saturated carbocycles. The lowest BCUT2D eigenvalue weighted by Crippen LogP contribution is -2.32. The van der Waals surface area contributed by atoms with Crippen molar-refractivity contribution in [2.24, 2.45) is 0 Å². The SMILES string of the molecule is C/C=C/C(CN1CCCCCCCC1)[SiH](C)C. The maximum absolute atomic E-state index is 2.74. The molecular weight excluding hydrogens is 222 g/mol. The summed E-state index contributed by atoms with van der Waals surface area (Å²) in [6, 6.07) is 0. The summed E-state index contributed by atoms with van der Waals surface area (Å²) < 4.78 is 0. The quantitative estimate of drug-likeness (QED) is 0.539. The lowest BCUT2D eigenvalue weighted by Gasteiger charge is -2.27. The van der Waals surface area contributed by atoms with Crippen LogP contribution in [0.3, 0.4) is 0 Å². The second-order valence-electron chi connectivity index (χ2n) is 5.86. The Labute approximate surface area is 110 Å². The Balaban J connectivity index is 2.44. The minimum absolute atomic E-state index is 0.540. The van der Waals surface area contributed by atoms with Crippen LogP contribution in [0, 0.1) is 0 Å². The van der Waals surface area contributed by atoms with Crippen LogP contribution in [-0.2, 0) is 0 Å². The van der Waals surface area contributed by atoms with E-state index in [2.05, 4.69) is 37.1 Å². The average molecular weight is 254 g/mol. The molecule has 1 aliphatic heterocycles. The molecule has 1 saturated heterocycles. The second kappa shape index (κ2) is 8.93. The highest BCUT2D eigenvalue weighted by atomic mass is 28.3. The van der Waals surface area contributed by atoms with Crippen molar-refractivity contribution in [1.82, 2.24) is 4.90 Å². The van der Waals surface area contributed by atoms with Gasteiger partial charge in [0.25, 0.3) is 0 Å². The van der Waals surface area contributed by atoms with Crippen molar-refractivity contribution in [2.45, 2.75) is 64.1 Å². The highest BCUT2D eigenvalue weighted by Gasteiger charge is 2.16. The van der Waals surface area contributed by atoms with Gasteiger partial charge in [-0.2, -0.15) is 0 Å². The van der Waals surface area contributed by atoms with Gasteiger partial charge in [0, 0.05) is 15.3 Å². The van der Waals surface area contributed by atoms with E-state index in [-0.39, 0.29) is 0 Å². The standard InChI is InChI=1S/C15H31NSi/c1-4-11-15(17(2)3)14-16-12-9-7-5-6-8-10-13-16/h4,11,15,17H,5-10,12-14H2,1-3H3/b11-4+. The molecule has 0 aromatic heterocycles. The first-order valence-corrected chi connectivity index (χ1v) is 10.6. The Morgan fingerprint density at radius 2 is 1.53 bits per heavy atom. The molecule has 1 aliphatic rings. The highest BCUT2D eigenvalue weighted by Crippen LogP contribution is 2.18. The van der Waals surface area contributed by atoms with Crippen molar-refractivity contribution >= 4 is 8.80 Å². The molecule has 0 bridgehead atoms. The van der Waals surface area contributed by atoms with E-state index >= 15 is 0 Å². The van der Waals surface area contributed by atoms with E-state index in [4.69, 9.17) is 0 Å². The van der Waals surface area contributed by atoms with Crippen LogP contribution in [-0.4, -0.2) is 33.3 Å². The Hall–Kier alpha value is -0.0831. The lowest BCUT2D eigenvalue weighted by molar-refractivity contribution is 0.273. The third-order valence-corrected chi connectivity index (χ3v) is 6.11. The zero-order valence-corrected chi connectivity index (χ0v) is 13.3. The summed E-state index contributed by atoms with van der Waals surface area (Å²) in [5.74, 6) is 0. The summed E-state index contributed by atoms with van der Waals surface area (Å²) in [6.07, 6.45) is 13.4. The van der Waals surface area contributed by atoms with Crippen LogP contribution < -0.4 is 0 Å². The van der Waals surface area contributed by atoms with Crippen molar-refractivity contribution in [3.63, 3.8) is 0 Å². The number of allylic oxidation sites excluding steroid dienone is 1. The van der Waals surface area contributed by atoms with Gasteiger partial charge in [0.15, 0.2) is 0 Å². The molecule has 17 heavy (non-hydrogen) atoms. The molecule has 0 amide bonds. The molecule has 0 N–H and O–H groups in total. The molecule has 0 aromatic rings. The summed E-state index contributed by atoms with van der Waals surface area (Å²) in [7, 11) is -0.540. The number of hydrogen-bond acceptors (Lipinski definition) is 1. The predicted octanol–water partition coefficient (Wildman–Crippen LogP) is 4.08. The molecule has 0 aromatic carbocycles. The monoisotopic (exact) mass is 253 g/mol. The lowest BCUT2D eigenvalue weighted by atomic mass is 10.1. The molecule has 1 fully saturated rings. The molecule has 1 heterocycles. The van der Waals surface area contributed by atoms with Gasteiger partial charge in [0.05, 0.1) is 0 Å². The topological polar surface area (TPSA) is 3.24 Å². The molecule has 1 unspecified atom stereocenters. The van der Waals surface area contributed by atoms with E-state index in [1.807, 2.05) is 0 Å². The van der Waals surface area contributed by atoms with Crippen molar-refractivity contribution < 1.29 is 0 Å². The molecule has 1 rings (SSSR count). The van der Waals surface area contributed by atoms with E-state index in [0.717, 1.165) is 5.54 Å². The summed E-state index contributed by atoms with van der Waals surface area (Å²) in [5.41, 5.74) is 0.876. The van der Waals surface area contributed by atoms with Gasteiger partial charge in [0.2, 0.25) is 0 Å². The average Bonchev–Trinajstić information content (AvgIpc) is 2.42. The fourth-order valence-corrected chi connectivity index (χ4v) is 4.10. The molecule has 100 valence electrons. The van der Waals surface area contributed by atoms with Gasteiger partial charge in [-0.15, -0.1) is 0 Å². The number of hydrogen-bond donors (Lipinski definition) is 0. The normalized spacial score (nSPS) is 22.4. The zero-order valence-electron chi connectivity index (χ0n) is 12.1. The van der Waals surface area contributed by atoms with Crippen molar-refractivity contribution in [3.8, 4) is 0 Å². The van der Waals surface area contributed by atoms with Crippen LogP contribution in [0.1, 0.15) is 45.4 Å². The van der Waals surface area contributed by atoms with E-state index in [9.17, 15) is 0 Å². The van der Waals surface area contributed by atoms with Gasteiger partial charge in [-0.1, -0.05) is 50.9 Å². The Morgan fingerprint density at radius 1 is 1.00 bits per heavy atom. The van der Waals surface area contributed by atoms with Crippen molar-refractivity contribution in [1.29, 1.82) is 0 Å². The fraction of sp³-hybridized carbons (Fsp3) is 0.867. The van der Waals surface area contributed by atoms with Crippen LogP contribution in [0.2, 0.25) is 18.6 Å². The van der Waals surface area contributed by atoms with E-state index in [0.29, 0.717) is 0 Å². The van der Waals surface area contributed by atoms with Crippen LogP contribution in [0.5, 0.6) is 0 Å². The van der Waals surface area contributed by atoms with Gasteiger partial charge in [0.1, 0.15) is 0 Å². The molecule has 0 spiro atoms. The van der Waals surface area contributed by atoms with Crippen LogP contribution in [0.15, 0.2) is 12.2 Å². The summed E-state index contributed by atoms with van der Waals surface area (Å²) in [5, 5.41) is 0. The molecule has 1 nitrogen and oxygen atoms in total. The van der Waals surface area contributed by atoms with Gasteiger partial charge >= 0.3 is 0 Å². The Bertz CT molecular complexity index is 203. The largest absolute Gasteiger partial charge is 0.303 e. The first kappa shape index (κ1) is 15.0. The van der Waals surface area contributed by atoms with Crippen LogP contribution in [0.4, 0.5) is 0 Å². The van der Waals surface area contributed by atoms with E-state index < -0.39 is 8.80 Å². The van der Waals surface area contributed by atoms with Gasteiger partial charge in [-0.3, -0.25) is 0 Å². The number of rotatable bonds is 4. The summed E-state index contributed by atoms with van der Waals surface area (Å²) in [6.45, 7) is 11.2. The van der Waals surface area contributed by atoms with Gasteiger partial charge in [-0.05, 0) is 38.4 Å². The predicted molar refractivity (Wildman–Crippen MR) is 81.6 cm³/mol. The Morgan fingerprint density at radius 3 is 2.00 bits per heavy atom. The molecular formula is C15H31NSi. The first-order valence-electron chi connectivity index (χ1n) is 7.59. The minimum atomic E-state index is -0.540. The molecule has 0 radical (unpaired) electrons. The highest BCUT2D eigenvalue weighted by molar-refractivity contribution is 6.58. The number of nitrogens with zero attached hydrogens (tertiary/aromatic N) is 1. The third-order valence-electron chi connectivity index (χ3n) is 3.96.